The molecule has 130 valence electrons. The molecular weight excluding hydrogens is 319 g/mol. The summed E-state index contributed by atoms with van der Waals surface area (Å²) in [5.41, 5.74) is 0.352. The molecule has 1 amide bonds. The van der Waals surface area contributed by atoms with E-state index in [-0.39, 0.29) is 17.6 Å². The molecule has 3 rings (SSSR count). The third kappa shape index (κ3) is 3.25. The lowest BCUT2D eigenvalue weighted by molar-refractivity contribution is -0.137. The predicted molar refractivity (Wildman–Crippen MR) is 83.9 cm³/mol. The highest BCUT2D eigenvalue weighted by molar-refractivity contribution is 5.95. The fraction of sp³-hybridized carbons (Fsp3) is 0.529. The van der Waals surface area contributed by atoms with Crippen LogP contribution in [0.2, 0.25) is 0 Å². The highest BCUT2D eigenvalue weighted by Crippen LogP contribution is 2.30. The van der Waals surface area contributed by atoms with E-state index in [0.29, 0.717) is 17.8 Å². The minimum atomic E-state index is -4.46. The molecule has 0 radical (unpaired) electrons. The van der Waals surface area contributed by atoms with Crippen LogP contribution in [0.25, 0.3) is 5.65 Å². The van der Waals surface area contributed by atoms with Crippen LogP contribution >= 0.6 is 0 Å². The number of aryl methyl sites for hydroxylation is 1. The number of pyridine rings is 1. The van der Waals surface area contributed by atoms with Gasteiger partial charge in [-0.3, -0.25) is 9.20 Å². The lowest BCUT2D eigenvalue weighted by Gasteiger charge is -2.13. The first kappa shape index (κ1) is 16.8. The molecule has 0 bridgehead atoms. The summed E-state index contributed by atoms with van der Waals surface area (Å²) in [4.78, 5) is 17.0. The molecule has 0 spiro atoms. The maximum atomic E-state index is 13.0. The molecule has 0 aliphatic heterocycles. The molecule has 1 N–H and O–H groups in total. The maximum absolute atomic E-state index is 13.0. The first-order chi connectivity index (χ1) is 11.4. The Morgan fingerprint density at radius 3 is 2.67 bits per heavy atom. The summed E-state index contributed by atoms with van der Waals surface area (Å²) in [7, 11) is 0. The number of aromatic nitrogens is 2. The second-order valence-electron chi connectivity index (χ2n) is 6.26. The zero-order valence-electron chi connectivity index (χ0n) is 13.5. The van der Waals surface area contributed by atoms with Crippen LogP contribution < -0.4 is 5.32 Å². The Bertz CT molecular complexity index is 745. The van der Waals surface area contributed by atoms with Crippen molar-refractivity contribution in [3.8, 4) is 0 Å². The number of hydrogen-bond donors (Lipinski definition) is 1. The number of hydrogen-bond acceptors (Lipinski definition) is 2. The number of nitrogens with one attached hydrogen (secondary N) is 1. The van der Waals surface area contributed by atoms with E-state index in [0.717, 1.165) is 44.4 Å². The number of halogens is 3. The molecule has 0 unspecified atom stereocenters. The topological polar surface area (TPSA) is 46.4 Å². The first-order valence-electron chi connectivity index (χ1n) is 8.29. The van der Waals surface area contributed by atoms with Gasteiger partial charge >= 0.3 is 6.18 Å². The molecule has 0 saturated heterocycles. The Hall–Kier alpha value is -2.05. The van der Waals surface area contributed by atoms with Crippen molar-refractivity contribution in [2.24, 2.45) is 0 Å². The van der Waals surface area contributed by atoms with Crippen molar-refractivity contribution < 1.29 is 18.0 Å². The number of carbonyl (C=O) groups is 1. The quantitative estimate of drug-likeness (QED) is 0.916. The summed E-state index contributed by atoms with van der Waals surface area (Å²) in [6, 6.07) is 2.41. The van der Waals surface area contributed by atoms with Crippen LogP contribution in [0.3, 0.4) is 0 Å². The van der Waals surface area contributed by atoms with Crippen LogP contribution in [0, 0.1) is 0 Å². The van der Waals surface area contributed by atoms with Gasteiger partial charge in [0.1, 0.15) is 11.3 Å². The molecule has 0 atom stereocenters. The van der Waals surface area contributed by atoms with Crippen LogP contribution in [-0.2, 0) is 12.6 Å². The molecule has 7 heteroatoms. The van der Waals surface area contributed by atoms with Crippen molar-refractivity contribution in [1.29, 1.82) is 0 Å². The Labute approximate surface area is 138 Å². The fourth-order valence-corrected chi connectivity index (χ4v) is 3.24. The zero-order valence-corrected chi connectivity index (χ0v) is 13.5. The fourth-order valence-electron chi connectivity index (χ4n) is 3.24. The van der Waals surface area contributed by atoms with Gasteiger partial charge in [0.25, 0.3) is 5.91 Å². The van der Waals surface area contributed by atoms with Crippen molar-refractivity contribution in [2.45, 2.75) is 57.7 Å². The largest absolute Gasteiger partial charge is 0.417 e. The van der Waals surface area contributed by atoms with Crippen molar-refractivity contribution >= 4 is 11.6 Å². The Kier molecular flexibility index (Phi) is 4.51. The smallest absolute Gasteiger partial charge is 0.348 e. The average Bonchev–Trinajstić information content (AvgIpc) is 3.12. The zero-order chi connectivity index (χ0) is 17.3. The van der Waals surface area contributed by atoms with Gasteiger partial charge in [-0.15, -0.1) is 0 Å². The first-order valence-corrected chi connectivity index (χ1v) is 8.29. The van der Waals surface area contributed by atoms with E-state index in [1.165, 1.54) is 10.5 Å². The van der Waals surface area contributed by atoms with Crippen molar-refractivity contribution in [1.82, 2.24) is 14.7 Å². The minimum Gasteiger partial charge on any atom is -0.348 e. The molecule has 1 aliphatic carbocycles. The number of nitrogens with zero attached hydrogens (tertiary/aromatic N) is 2. The van der Waals surface area contributed by atoms with E-state index in [1.54, 1.807) is 0 Å². The molecule has 1 saturated carbocycles. The third-order valence-electron chi connectivity index (χ3n) is 4.41. The van der Waals surface area contributed by atoms with Crippen LogP contribution in [0.5, 0.6) is 0 Å². The lowest BCUT2D eigenvalue weighted by atomic mass is 10.2. The Morgan fingerprint density at radius 2 is 2.04 bits per heavy atom. The van der Waals surface area contributed by atoms with Crippen LogP contribution in [-0.4, -0.2) is 21.3 Å². The molecule has 2 aromatic rings. The number of alkyl halides is 3. The molecule has 1 fully saturated rings. The van der Waals surface area contributed by atoms with E-state index < -0.39 is 11.7 Å². The van der Waals surface area contributed by atoms with E-state index in [9.17, 15) is 18.0 Å². The standard InChI is InChI=1S/C17H20F3N3O/c1-2-5-13-15(16(24)21-12-6-3-4-7-12)23-10-11(17(18,19)20)8-9-14(23)22-13/h8-10,12H,2-7H2,1H3,(H,21,24). The van der Waals surface area contributed by atoms with Gasteiger partial charge in [-0.25, -0.2) is 4.98 Å². The van der Waals surface area contributed by atoms with Crippen molar-refractivity contribution in [2.75, 3.05) is 0 Å². The van der Waals surface area contributed by atoms with Crippen LogP contribution in [0.1, 0.15) is 60.8 Å². The molecule has 2 aromatic heterocycles. The second-order valence-corrected chi connectivity index (χ2v) is 6.26. The predicted octanol–water partition coefficient (Wildman–Crippen LogP) is 3.98. The van der Waals surface area contributed by atoms with E-state index in [2.05, 4.69) is 10.3 Å². The van der Waals surface area contributed by atoms with Crippen molar-refractivity contribution in [3.63, 3.8) is 0 Å². The number of amides is 1. The van der Waals surface area contributed by atoms with E-state index >= 15 is 0 Å². The maximum Gasteiger partial charge on any atom is 0.417 e. The van der Waals surface area contributed by atoms with Gasteiger partial charge in [0.2, 0.25) is 0 Å². The lowest BCUT2D eigenvalue weighted by Crippen LogP contribution is -2.34. The molecule has 0 aromatic carbocycles. The average molecular weight is 339 g/mol. The van der Waals surface area contributed by atoms with Gasteiger partial charge in [0.15, 0.2) is 0 Å². The summed E-state index contributed by atoms with van der Waals surface area (Å²) in [5, 5.41) is 2.95. The molecule has 1 aliphatic rings. The number of rotatable bonds is 4. The number of fused-ring (bicyclic) bond motifs is 1. The summed E-state index contributed by atoms with van der Waals surface area (Å²) in [6.45, 7) is 1.95. The van der Waals surface area contributed by atoms with Gasteiger partial charge in [-0.2, -0.15) is 13.2 Å². The van der Waals surface area contributed by atoms with Crippen molar-refractivity contribution in [3.05, 3.63) is 35.3 Å². The Morgan fingerprint density at radius 1 is 1.33 bits per heavy atom. The van der Waals surface area contributed by atoms with Gasteiger partial charge in [-0.1, -0.05) is 26.2 Å². The van der Waals surface area contributed by atoms with E-state index in [1.807, 2.05) is 6.92 Å². The second kappa shape index (κ2) is 6.45. The highest BCUT2D eigenvalue weighted by Gasteiger charge is 2.32. The summed E-state index contributed by atoms with van der Waals surface area (Å²) < 4.78 is 40.3. The van der Waals surface area contributed by atoms with Gasteiger partial charge in [0.05, 0.1) is 11.3 Å². The summed E-state index contributed by atoms with van der Waals surface area (Å²) in [5.74, 6) is -0.336. The highest BCUT2D eigenvalue weighted by atomic mass is 19.4. The van der Waals surface area contributed by atoms with Gasteiger partial charge in [-0.05, 0) is 31.4 Å². The normalized spacial score (nSPS) is 16.0. The minimum absolute atomic E-state index is 0.100. The van der Waals surface area contributed by atoms with E-state index in [4.69, 9.17) is 0 Å². The summed E-state index contributed by atoms with van der Waals surface area (Å²) in [6.07, 6.45) is 1.79. The molecular formula is C17H20F3N3O. The monoisotopic (exact) mass is 339 g/mol. The summed E-state index contributed by atoms with van der Waals surface area (Å²) >= 11 is 0. The van der Waals surface area contributed by atoms with Crippen LogP contribution in [0.15, 0.2) is 18.3 Å². The van der Waals surface area contributed by atoms with Crippen LogP contribution in [0.4, 0.5) is 13.2 Å². The molecule has 24 heavy (non-hydrogen) atoms. The van der Waals surface area contributed by atoms with Gasteiger partial charge < -0.3 is 5.32 Å². The number of imidazole rings is 1. The third-order valence-corrected chi connectivity index (χ3v) is 4.41. The molecule has 4 nitrogen and oxygen atoms in total. The molecule has 2 heterocycles. The SMILES string of the molecule is CCCc1nc2ccc(C(F)(F)F)cn2c1C(=O)NC1CCCC1. The van der Waals surface area contributed by atoms with Gasteiger partial charge in [0, 0.05) is 12.2 Å². The Balaban J connectivity index is 2.04. The number of carbonyl (C=O) groups excluding carboxylic acids is 1.